The van der Waals surface area contributed by atoms with E-state index in [-0.39, 0.29) is 24.4 Å². The number of morpholine rings is 1. The Morgan fingerprint density at radius 3 is 2.52 bits per heavy atom. The molecule has 3 rings (SSSR count). The summed E-state index contributed by atoms with van der Waals surface area (Å²) in [6.07, 6.45) is 3.86. The number of benzene rings is 1. The standard InChI is InChI=1S/C18H26N2O2.ClH/c1-2-14-3-5-15(6-4-14)13-20(16-7-8-16)18(21)11-17-12-19-9-10-22-17;/h3-6,16-17,19H,2,7-13H2,1H3;1H. The fraction of sp³-hybridized carbons (Fsp3) is 0.611. The van der Waals surface area contributed by atoms with Crippen molar-refractivity contribution in [2.75, 3.05) is 19.7 Å². The number of ether oxygens (including phenoxy) is 1. The molecule has 1 saturated carbocycles. The molecule has 1 saturated heterocycles. The van der Waals surface area contributed by atoms with Crippen molar-refractivity contribution in [2.24, 2.45) is 0 Å². The molecule has 1 amide bonds. The maximum absolute atomic E-state index is 12.6. The van der Waals surface area contributed by atoms with Crippen molar-refractivity contribution in [2.45, 2.75) is 51.3 Å². The van der Waals surface area contributed by atoms with Crippen LogP contribution in [0.4, 0.5) is 0 Å². The molecule has 128 valence electrons. The maximum Gasteiger partial charge on any atom is 0.225 e. The lowest BCUT2D eigenvalue weighted by Gasteiger charge is -2.28. The molecule has 5 heteroatoms. The molecule has 2 aliphatic rings. The summed E-state index contributed by atoms with van der Waals surface area (Å²) < 4.78 is 5.67. The van der Waals surface area contributed by atoms with Gasteiger partial charge in [-0.3, -0.25) is 4.79 Å². The third kappa shape index (κ3) is 5.20. The van der Waals surface area contributed by atoms with Gasteiger partial charge in [0.25, 0.3) is 0 Å². The highest BCUT2D eigenvalue weighted by molar-refractivity contribution is 5.85. The number of nitrogens with one attached hydrogen (secondary N) is 1. The van der Waals surface area contributed by atoms with Crippen molar-refractivity contribution in [3.8, 4) is 0 Å². The van der Waals surface area contributed by atoms with Gasteiger partial charge in [0.15, 0.2) is 0 Å². The van der Waals surface area contributed by atoms with Gasteiger partial charge in [0.1, 0.15) is 0 Å². The number of rotatable bonds is 6. The minimum Gasteiger partial charge on any atom is -0.375 e. The third-order valence-electron chi connectivity index (χ3n) is 4.50. The van der Waals surface area contributed by atoms with Gasteiger partial charge in [-0.15, -0.1) is 12.4 Å². The van der Waals surface area contributed by atoms with Crippen LogP contribution in [0.15, 0.2) is 24.3 Å². The molecular formula is C18H27ClN2O2. The molecule has 0 aromatic heterocycles. The second kappa shape index (κ2) is 8.67. The molecule has 1 aliphatic carbocycles. The van der Waals surface area contributed by atoms with E-state index >= 15 is 0 Å². The molecule has 1 aromatic rings. The van der Waals surface area contributed by atoms with Crippen LogP contribution in [0.2, 0.25) is 0 Å². The van der Waals surface area contributed by atoms with Crippen LogP contribution in [0.25, 0.3) is 0 Å². The van der Waals surface area contributed by atoms with Gasteiger partial charge in [0.05, 0.1) is 19.1 Å². The Balaban J connectivity index is 0.00000192. The minimum absolute atomic E-state index is 0. The Morgan fingerprint density at radius 1 is 1.26 bits per heavy atom. The Hall–Kier alpha value is -1.10. The number of carbonyl (C=O) groups excluding carboxylic acids is 1. The molecule has 0 radical (unpaired) electrons. The van der Waals surface area contributed by atoms with Crippen molar-refractivity contribution >= 4 is 18.3 Å². The maximum atomic E-state index is 12.6. The highest BCUT2D eigenvalue weighted by Crippen LogP contribution is 2.29. The Labute approximate surface area is 145 Å². The molecular weight excluding hydrogens is 312 g/mol. The molecule has 2 fully saturated rings. The van der Waals surface area contributed by atoms with Gasteiger partial charge >= 0.3 is 0 Å². The van der Waals surface area contributed by atoms with E-state index in [1.165, 1.54) is 11.1 Å². The Kier molecular flexibility index (Phi) is 6.88. The monoisotopic (exact) mass is 338 g/mol. The summed E-state index contributed by atoms with van der Waals surface area (Å²) in [6, 6.07) is 9.08. The van der Waals surface area contributed by atoms with Crippen molar-refractivity contribution in [1.29, 1.82) is 0 Å². The van der Waals surface area contributed by atoms with Gasteiger partial charge in [-0.1, -0.05) is 31.2 Å². The quantitative estimate of drug-likeness (QED) is 0.866. The number of hydrogen-bond donors (Lipinski definition) is 1. The summed E-state index contributed by atoms with van der Waals surface area (Å²) in [5.74, 6) is 0.232. The fourth-order valence-electron chi connectivity index (χ4n) is 2.95. The molecule has 1 aromatic carbocycles. The number of halogens is 1. The van der Waals surface area contributed by atoms with E-state index in [1.54, 1.807) is 0 Å². The van der Waals surface area contributed by atoms with Crippen molar-refractivity contribution in [3.05, 3.63) is 35.4 Å². The molecule has 1 heterocycles. The summed E-state index contributed by atoms with van der Waals surface area (Å²) in [4.78, 5) is 14.7. The predicted molar refractivity (Wildman–Crippen MR) is 93.9 cm³/mol. The SMILES string of the molecule is CCc1ccc(CN(C(=O)CC2CNCCO2)C2CC2)cc1.Cl. The second-order valence-corrected chi connectivity index (χ2v) is 6.32. The lowest BCUT2D eigenvalue weighted by molar-refractivity contribution is -0.136. The first-order valence-corrected chi connectivity index (χ1v) is 8.46. The van der Waals surface area contributed by atoms with E-state index in [2.05, 4.69) is 41.4 Å². The van der Waals surface area contributed by atoms with Crippen LogP contribution in [0, 0.1) is 0 Å². The molecule has 1 atom stereocenters. The van der Waals surface area contributed by atoms with Crippen molar-refractivity contribution < 1.29 is 9.53 Å². The lowest BCUT2D eigenvalue weighted by atomic mass is 10.1. The average molecular weight is 339 g/mol. The molecule has 1 unspecified atom stereocenters. The van der Waals surface area contributed by atoms with Crippen molar-refractivity contribution in [1.82, 2.24) is 10.2 Å². The number of hydrogen-bond acceptors (Lipinski definition) is 3. The van der Waals surface area contributed by atoms with Crippen LogP contribution >= 0.6 is 12.4 Å². The molecule has 0 bridgehead atoms. The summed E-state index contributed by atoms with van der Waals surface area (Å²) in [5.41, 5.74) is 2.56. The molecule has 1 N–H and O–H groups in total. The van der Waals surface area contributed by atoms with E-state index in [9.17, 15) is 4.79 Å². The summed E-state index contributed by atoms with van der Waals surface area (Å²) in [5, 5.41) is 3.29. The molecule has 23 heavy (non-hydrogen) atoms. The van der Waals surface area contributed by atoms with Gasteiger partial charge in [-0.25, -0.2) is 0 Å². The van der Waals surface area contributed by atoms with Crippen LogP contribution in [0.1, 0.15) is 37.3 Å². The van der Waals surface area contributed by atoms with Crippen LogP contribution in [-0.2, 0) is 22.5 Å². The normalized spacial score (nSPS) is 20.7. The second-order valence-electron chi connectivity index (χ2n) is 6.32. The zero-order chi connectivity index (χ0) is 15.4. The fourth-order valence-corrected chi connectivity index (χ4v) is 2.95. The van der Waals surface area contributed by atoms with E-state index in [0.717, 1.165) is 38.9 Å². The molecule has 4 nitrogen and oxygen atoms in total. The summed E-state index contributed by atoms with van der Waals surface area (Å²) >= 11 is 0. The highest BCUT2D eigenvalue weighted by atomic mass is 35.5. The lowest BCUT2D eigenvalue weighted by Crippen LogP contribution is -2.42. The van der Waals surface area contributed by atoms with Crippen molar-refractivity contribution in [3.63, 3.8) is 0 Å². The van der Waals surface area contributed by atoms with Crippen LogP contribution < -0.4 is 5.32 Å². The number of carbonyl (C=O) groups is 1. The number of aryl methyl sites for hydroxylation is 1. The average Bonchev–Trinajstić information content (AvgIpc) is 3.39. The van der Waals surface area contributed by atoms with Gasteiger partial charge in [-0.05, 0) is 30.4 Å². The summed E-state index contributed by atoms with van der Waals surface area (Å²) in [7, 11) is 0. The zero-order valence-corrected chi connectivity index (χ0v) is 14.6. The molecule has 1 aliphatic heterocycles. The molecule has 0 spiro atoms. The van der Waals surface area contributed by atoms with Crippen LogP contribution in [0.5, 0.6) is 0 Å². The Bertz CT molecular complexity index is 496. The van der Waals surface area contributed by atoms with E-state index < -0.39 is 0 Å². The van der Waals surface area contributed by atoms with Gasteiger partial charge < -0.3 is 15.0 Å². The van der Waals surface area contributed by atoms with Gasteiger partial charge in [0, 0.05) is 25.7 Å². The van der Waals surface area contributed by atoms with E-state index in [1.807, 2.05) is 0 Å². The van der Waals surface area contributed by atoms with Gasteiger partial charge in [0.2, 0.25) is 5.91 Å². The largest absolute Gasteiger partial charge is 0.375 e. The zero-order valence-electron chi connectivity index (χ0n) is 13.8. The third-order valence-corrected chi connectivity index (χ3v) is 4.50. The Morgan fingerprint density at radius 2 is 1.96 bits per heavy atom. The predicted octanol–water partition coefficient (Wildman–Crippen LogP) is 2.54. The number of nitrogens with zero attached hydrogens (tertiary/aromatic N) is 1. The van der Waals surface area contributed by atoms with E-state index in [0.29, 0.717) is 19.1 Å². The number of amides is 1. The smallest absolute Gasteiger partial charge is 0.225 e. The first-order chi connectivity index (χ1) is 10.8. The first-order valence-electron chi connectivity index (χ1n) is 8.46. The van der Waals surface area contributed by atoms with Crippen LogP contribution in [0.3, 0.4) is 0 Å². The first kappa shape index (κ1) is 18.2. The van der Waals surface area contributed by atoms with E-state index in [4.69, 9.17) is 4.74 Å². The minimum atomic E-state index is 0. The van der Waals surface area contributed by atoms with Crippen LogP contribution in [-0.4, -0.2) is 42.6 Å². The topological polar surface area (TPSA) is 41.6 Å². The van der Waals surface area contributed by atoms with Gasteiger partial charge in [-0.2, -0.15) is 0 Å². The summed E-state index contributed by atoms with van der Waals surface area (Å²) in [6.45, 7) is 5.27. The highest BCUT2D eigenvalue weighted by Gasteiger charge is 2.33.